The number of carbonyl (C=O) groups is 2. The van der Waals surface area contributed by atoms with E-state index in [1.807, 2.05) is 12.1 Å². The molecule has 0 spiro atoms. The number of carbonyl (C=O) groups excluding carboxylic acids is 2. The Morgan fingerprint density at radius 1 is 0.947 bits per heavy atom. The first-order valence-corrected chi connectivity index (χ1v) is 14.1. The molecule has 3 rings (SSSR count). The molecule has 38 heavy (non-hydrogen) atoms. The molecule has 2 amide bonds. The number of anilines is 3. The smallest absolute Gasteiger partial charge is 0.255 e. The molecule has 10 heteroatoms. The summed E-state index contributed by atoms with van der Waals surface area (Å²) in [6, 6.07) is 17.4. The van der Waals surface area contributed by atoms with Crippen molar-refractivity contribution in [2.24, 2.45) is 0 Å². The molecule has 0 saturated carbocycles. The Labute approximate surface area is 229 Å². The summed E-state index contributed by atoms with van der Waals surface area (Å²) in [4.78, 5) is 25.8. The Balaban J connectivity index is 1.76. The second-order valence-corrected chi connectivity index (χ2v) is 12.2. The van der Waals surface area contributed by atoms with Crippen LogP contribution in [0.4, 0.5) is 17.1 Å². The number of methoxy groups -OCH3 is 1. The average molecular weight is 558 g/mol. The van der Waals surface area contributed by atoms with Crippen LogP contribution in [0.1, 0.15) is 43.6 Å². The average Bonchev–Trinajstić information content (AvgIpc) is 2.83. The van der Waals surface area contributed by atoms with E-state index in [0.717, 1.165) is 16.1 Å². The van der Waals surface area contributed by atoms with Crippen molar-refractivity contribution < 1.29 is 22.7 Å². The highest BCUT2D eigenvalue weighted by atomic mass is 35.5. The van der Waals surface area contributed by atoms with Gasteiger partial charge in [-0.1, -0.05) is 50.6 Å². The van der Waals surface area contributed by atoms with Crippen LogP contribution in [-0.2, 0) is 20.2 Å². The number of hydrogen-bond donors (Lipinski definition) is 2. The van der Waals surface area contributed by atoms with E-state index in [1.54, 1.807) is 36.4 Å². The molecule has 1 atom stereocenters. The number of amides is 2. The van der Waals surface area contributed by atoms with Gasteiger partial charge in [-0.3, -0.25) is 13.9 Å². The van der Waals surface area contributed by atoms with Crippen LogP contribution in [-0.4, -0.2) is 39.6 Å². The van der Waals surface area contributed by atoms with Crippen LogP contribution in [0.3, 0.4) is 0 Å². The maximum atomic E-state index is 13.1. The maximum absolute atomic E-state index is 13.1. The standard InChI is InChI=1S/C28H32ClN3O5S/c1-18(32(38(6,35)36)23-14-15-25(37-5)24(29)17-23)26(33)30-21-8-7-9-22(16-21)31-27(34)19-10-12-20(13-11-19)28(2,3)4/h7-18H,1-6H3,(H,30,33)(H,31,34)/t18-/m1/s1. The first-order valence-electron chi connectivity index (χ1n) is 11.9. The molecule has 2 N–H and O–H groups in total. The van der Waals surface area contributed by atoms with E-state index in [0.29, 0.717) is 22.7 Å². The second-order valence-electron chi connectivity index (χ2n) is 9.91. The minimum atomic E-state index is -3.84. The summed E-state index contributed by atoms with van der Waals surface area (Å²) < 4.78 is 31.3. The van der Waals surface area contributed by atoms with Crippen molar-refractivity contribution in [2.75, 3.05) is 28.3 Å². The zero-order valence-electron chi connectivity index (χ0n) is 22.2. The minimum Gasteiger partial charge on any atom is -0.495 e. The van der Waals surface area contributed by atoms with Crippen LogP contribution in [0.25, 0.3) is 0 Å². The SMILES string of the molecule is COc1ccc(N([C@H](C)C(=O)Nc2cccc(NC(=O)c3ccc(C(C)(C)C)cc3)c2)S(C)(=O)=O)cc1Cl. The normalized spacial score (nSPS) is 12.4. The lowest BCUT2D eigenvalue weighted by Crippen LogP contribution is -2.45. The molecule has 3 aromatic rings. The van der Waals surface area contributed by atoms with E-state index >= 15 is 0 Å². The lowest BCUT2D eigenvalue weighted by atomic mass is 9.87. The molecule has 0 aliphatic rings. The molecule has 0 aliphatic heterocycles. The molecule has 3 aromatic carbocycles. The number of rotatable bonds is 8. The molecule has 0 bridgehead atoms. The van der Waals surface area contributed by atoms with Crippen molar-refractivity contribution in [1.82, 2.24) is 0 Å². The van der Waals surface area contributed by atoms with E-state index in [-0.39, 0.29) is 22.0 Å². The van der Waals surface area contributed by atoms with Crippen molar-refractivity contribution in [1.29, 1.82) is 0 Å². The third-order valence-electron chi connectivity index (χ3n) is 5.88. The third-order valence-corrected chi connectivity index (χ3v) is 7.42. The number of hydrogen-bond acceptors (Lipinski definition) is 5. The van der Waals surface area contributed by atoms with Crippen LogP contribution >= 0.6 is 11.6 Å². The summed E-state index contributed by atoms with van der Waals surface area (Å²) in [5.41, 5.74) is 2.69. The van der Waals surface area contributed by atoms with Crippen molar-refractivity contribution in [3.63, 3.8) is 0 Å². The van der Waals surface area contributed by atoms with Gasteiger partial charge < -0.3 is 15.4 Å². The topological polar surface area (TPSA) is 105 Å². The summed E-state index contributed by atoms with van der Waals surface area (Å²) >= 11 is 6.19. The van der Waals surface area contributed by atoms with Gasteiger partial charge in [0.2, 0.25) is 15.9 Å². The lowest BCUT2D eigenvalue weighted by Gasteiger charge is -2.28. The Bertz CT molecular complexity index is 1430. The summed E-state index contributed by atoms with van der Waals surface area (Å²) in [6.07, 6.45) is 1.01. The van der Waals surface area contributed by atoms with Crippen LogP contribution in [0, 0.1) is 0 Å². The van der Waals surface area contributed by atoms with Crippen molar-refractivity contribution in [3.8, 4) is 5.75 Å². The van der Waals surface area contributed by atoms with Crippen molar-refractivity contribution in [2.45, 2.75) is 39.2 Å². The van der Waals surface area contributed by atoms with Gasteiger partial charge in [-0.2, -0.15) is 0 Å². The van der Waals surface area contributed by atoms with Crippen LogP contribution < -0.4 is 19.7 Å². The minimum absolute atomic E-state index is 0.0228. The number of nitrogens with zero attached hydrogens (tertiary/aromatic N) is 1. The van der Waals surface area contributed by atoms with Crippen molar-refractivity contribution >= 4 is 50.5 Å². The largest absolute Gasteiger partial charge is 0.495 e. The number of benzene rings is 3. The predicted molar refractivity (Wildman–Crippen MR) is 153 cm³/mol. The second kappa shape index (κ2) is 11.4. The van der Waals surface area contributed by atoms with Gasteiger partial charge in [0.25, 0.3) is 5.91 Å². The van der Waals surface area contributed by atoms with Crippen molar-refractivity contribution in [3.05, 3.63) is 82.9 Å². The molecular formula is C28H32ClN3O5S. The maximum Gasteiger partial charge on any atom is 0.255 e. The summed E-state index contributed by atoms with van der Waals surface area (Å²) in [5.74, 6) is -0.476. The zero-order valence-corrected chi connectivity index (χ0v) is 23.8. The number of sulfonamides is 1. The Hall–Kier alpha value is -3.56. The van der Waals surface area contributed by atoms with Crippen LogP contribution in [0.2, 0.25) is 5.02 Å². The highest BCUT2D eigenvalue weighted by molar-refractivity contribution is 7.92. The number of ether oxygens (including phenoxy) is 1. The Kier molecular flexibility index (Phi) is 8.74. The van der Waals surface area contributed by atoms with Gasteiger partial charge in [0.1, 0.15) is 11.8 Å². The molecule has 0 heterocycles. The quantitative estimate of drug-likeness (QED) is 0.370. The van der Waals surface area contributed by atoms with Crippen LogP contribution in [0.15, 0.2) is 66.7 Å². The van der Waals surface area contributed by atoms with E-state index in [2.05, 4.69) is 31.4 Å². The molecule has 0 saturated heterocycles. The zero-order chi connectivity index (χ0) is 28.3. The van der Waals surface area contributed by atoms with E-state index in [1.165, 1.54) is 32.2 Å². The molecule has 0 aromatic heterocycles. The summed E-state index contributed by atoms with van der Waals surface area (Å²) in [7, 11) is -2.39. The van der Waals surface area contributed by atoms with Gasteiger partial charge in [0, 0.05) is 16.9 Å². The van der Waals surface area contributed by atoms with Gasteiger partial charge in [0.05, 0.1) is 24.1 Å². The number of nitrogens with one attached hydrogen (secondary N) is 2. The van der Waals surface area contributed by atoms with Gasteiger partial charge >= 0.3 is 0 Å². The first kappa shape index (κ1) is 29.0. The molecular weight excluding hydrogens is 526 g/mol. The molecule has 202 valence electrons. The van der Waals surface area contributed by atoms with Gasteiger partial charge in [0.15, 0.2) is 0 Å². The summed E-state index contributed by atoms with van der Waals surface area (Å²) in [5, 5.41) is 5.76. The third kappa shape index (κ3) is 7.05. The fourth-order valence-corrected chi connectivity index (χ4v) is 5.27. The molecule has 0 aliphatic carbocycles. The predicted octanol–water partition coefficient (Wildman–Crippen LogP) is 5.69. The monoisotopic (exact) mass is 557 g/mol. The molecule has 0 radical (unpaired) electrons. The molecule has 0 unspecified atom stereocenters. The fraction of sp³-hybridized carbons (Fsp3) is 0.286. The summed E-state index contributed by atoms with van der Waals surface area (Å²) in [6.45, 7) is 7.78. The fourth-order valence-electron chi connectivity index (χ4n) is 3.85. The van der Waals surface area contributed by atoms with E-state index in [4.69, 9.17) is 16.3 Å². The molecule has 0 fully saturated rings. The van der Waals surface area contributed by atoms with E-state index < -0.39 is 22.0 Å². The van der Waals surface area contributed by atoms with Gasteiger partial charge in [-0.05, 0) is 66.4 Å². The Morgan fingerprint density at radius 3 is 2.08 bits per heavy atom. The van der Waals surface area contributed by atoms with Gasteiger partial charge in [-0.15, -0.1) is 0 Å². The highest BCUT2D eigenvalue weighted by Gasteiger charge is 2.30. The Morgan fingerprint density at radius 2 is 1.55 bits per heavy atom. The van der Waals surface area contributed by atoms with E-state index in [9.17, 15) is 18.0 Å². The lowest BCUT2D eigenvalue weighted by molar-refractivity contribution is -0.116. The van der Waals surface area contributed by atoms with Crippen LogP contribution in [0.5, 0.6) is 5.75 Å². The molecule has 8 nitrogen and oxygen atoms in total. The first-order chi connectivity index (χ1) is 17.7. The highest BCUT2D eigenvalue weighted by Crippen LogP contribution is 2.31. The number of halogens is 1. The van der Waals surface area contributed by atoms with Gasteiger partial charge in [-0.25, -0.2) is 8.42 Å².